The molecule has 0 saturated heterocycles. The summed E-state index contributed by atoms with van der Waals surface area (Å²) in [7, 11) is 0. The molecule has 0 bridgehead atoms. The van der Waals surface area contributed by atoms with E-state index in [0.717, 1.165) is 17.2 Å². The summed E-state index contributed by atoms with van der Waals surface area (Å²) in [4.78, 5) is 4.33. The third-order valence-electron chi connectivity index (χ3n) is 3.60. The van der Waals surface area contributed by atoms with Crippen molar-refractivity contribution in [3.05, 3.63) is 41.4 Å². The first kappa shape index (κ1) is 12.4. The summed E-state index contributed by atoms with van der Waals surface area (Å²) in [5, 5.41) is 3.31. The Morgan fingerprint density at radius 1 is 1.26 bits per heavy atom. The molecule has 1 aromatic carbocycles. The number of fused-ring (bicyclic) bond motifs is 1. The van der Waals surface area contributed by atoms with E-state index in [1.165, 1.54) is 30.4 Å². The maximum atomic E-state index is 5.81. The predicted octanol–water partition coefficient (Wildman–Crippen LogP) is 3.33. The Labute approximate surface area is 114 Å². The van der Waals surface area contributed by atoms with Gasteiger partial charge in [-0.05, 0) is 36.5 Å². The summed E-state index contributed by atoms with van der Waals surface area (Å²) < 4.78 is 5.81. The molecule has 1 aliphatic rings. The monoisotopic (exact) mass is 256 g/mol. The van der Waals surface area contributed by atoms with Gasteiger partial charge in [0.15, 0.2) is 5.76 Å². The number of aryl methyl sites for hydroxylation is 2. The minimum Gasteiger partial charge on any atom is -0.439 e. The summed E-state index contributed by atoms with van der Waals surface area (Å²) >= 11 is 0. The van der Waals surface area contributed by atoms with Crippen molar-refractivity contribution in [1.82, 2.24) is 10.3 Å². The molecule has 0 amide bonds. The van der Waals surface area contributed by atoms with Crippen LogP contribution in [0.15, 0.2) is 28.8 Å². The standard InChI is InChI=1S/C16H20N2O/c1-11(2)17-10-16-18-9-15(19-16)14-7-6-12-4-3-5-13(12)8-14/h6-9,11,17H,3-5,10H2,1-2H3. The molecule has 0 atom stereocenters. The van der Waals surface area contributed by atoms with E-state index in [2.05, 4.69) is 42.3 Å². The Morgan fingerprint density at radius 3 is 2.95 bits per heavy atom. The van der Waals surface area contributed by atoms with Gasteiger partial charge in [-0.2, -0.15) is 0 Å². The van der Waals surface area contributed by atoms with Crippen molar-refractivity contribution >= 4 is 0 Å². The van der Waals surface area contributed by atoms with E-state index in [1.54, 1.807) is 0 Å². The van der Waals surface area contributed by atoms with Gasteiger partial charge in [0.05, 0.1) is 12.7 Å². The Hall–Kier alpha value is -1.61. The van der Waals surface area contributed by atoms with Gasteiger partial charge in [0, 0.05) is 11.6 Å². The zero-order valence-corrected chi connectivity index (χ0v) is 11.6. The van der Waals surface area contributed by atoms with Crippen LogP contribution in [0.2, 0.25) is 0 Å². The fraction of sp³-hybridized carbons (Fsp3) is 0.438. The Kier molecular flexibility index (Phi) is 3.38. The molecule has 0 fully saturated rings. The lowest BCUT2D eigenvalue weighted by Gasteiger charge is -2.04. The summed E-state index contributed by atoms with van der Waals surface area (Å²) in [6.45, 7) is 4.91. The van der Waals surface area contributed by atoms with Gasteiger partial charge < -0.3 is 9.73 Å². The molecule has 3 rings (SSSR count). The fourth-order valence-electron chi connectivity index (χ4n) is 2.54. The van der Waals surface area contributed by atoms with Gasteiger partial charge in [-0.1, -0.05) is 26.0 Å². The molecule has 3 heteroatoms. The molecule has 0 radical (unpaired) electrons. The Bertz CT molecular complexity index is 572. The summed E-state index contributed by atoms with van der Waals surface area (Å²) in [5.74, 6) is 1.62. The molecule has 0 spiro atoms. The van der Waals surface area contributed by atoms with Crippen molar-refractivity contribution in [3.63, 3.8) is 0 Å². The average molecular weight is 256 g/mol. The molecule has 0 aliphatic heterocycles. The summed E-state index contributed by atoms with van der Waals surface area (Å²) in [6, 6.07) is 7.06. The van der Waals surface area contributed by atoms with Gasteiger partial charge in [-0.25, -0.2) is 4.98 Å². The van der Waals surface area contributed by atoms with Gasteiger partial charge in [-0.15, -0.1) is 0 Å². The maximum Gasteiger partial charge on any atom is 0.208 e. The van der Waals surface area contributed by atoms with Crippen LogP contribution in [0, 0.1) is 0 Å². The molecular formula is C16H20N2O. The number of nitrogens with one attached hydrogen (secondary N) is 1. The summed E-state index contributed by atoms with van der Waals surface area (Å²) in [6.07, 6.45) is 5.52. The molecule has 1 N–H and O–H groups in total. The van der Waals surface area contributed by atoms with Crippen molar-refractivity contribution < 1.29 is 4.42 Å². The van der Waals surface area contributed by atoms with Gasteiger partial charge in [0.1, 0.15) is 0 Å². The first-order chi connectivity index (χ1) is 9.22. The molecule has 0 saturated carbocycles. The van der Waals surface area contributed by atoms with Crippen LogP contribution < -0.4 is 5.32 Å². The molecule has 19 heavy (non-hydrogen) atoms. The van der Waals surface area contributed by atoms with E-state index in [4.69, 9.17) is 4.42 Å². The quantitative estimate of drug-likeness (QED) is 0.911. The topological polar surface area (TPSA) is 38.1 Å². The molecular weight excluding hydrogens is 236 g/mol. The first-order valence-electron chi connectivity index (χ1n) is 7.02. The largest absolute Gasteiger partial charge is 0.439 e. The van der Waals surface area contributed by atoms with Crippen LogP contribution in [0.25, 0.3) is 11.3 Å². The van der Waals surface area contributed by atoms with Crippen LogP contribution >= 0.6 is 0 Å². The van der Waals surface area contributed by atoms with E-state index in [-0.39, 0.29) is 0 Å². The molecule has 100 valence electrons. The van der Waals surface area contributed by atoms with Crippen LogP contribution in [0.4, 0.5) is 0 Å². The highest BCUT2D eigenvalue weighted by molar-refractivity contribution is 5.59. The minimum atomic E-state index is 0.440. The second kappa shape index (κ2) is 5.17. The Balaban J connectivity index is 1.79. The number of oxazole rings is 1. The normalized spacial score (nSPS) is 14.1. The van der Waals surface area contributed by atoms with E-state index in [1.807, 2.05) is 6.20 Å². The van der Waals surface area contributed by atoms with Gasteiger partial charge >= 0.3 is 0 Å². The minimum absolute atomic E-state index is 0.440. The highest BCUT2D eigenvalue weighted by atomic mass is 16.4. The van der Waals surface area contributed by atoms with Gasteiger partial charge in [0.2, 0.25) is 5.89 Å². The Morgan fingerprint density at radius 2 is 2.11 bits per heavy atom. The van der Waals surface area contributed by atoms with Crippen LogP contribution in [0.5, 0.6) is 0 Å². The number of aromatic nitrogens is 1. The smallest absolute Gasteiger partial charge is 0.208 e. The van der Waals surface area contributed by atoms with Crippen LogP contribution in [-0.4, -0.2) is 11.0 Å². The number of rotatable bonds is 4. The zero-order chi connectivity index (χ0) is 13.2. The molecule has 0 unspecified atom stereocenters. The third kappa shape index (κ3) is 2.71. The zero-order valence-electron chi connectivity index (χ0n) is 11.6. The van der Waals surface area contributed by atoms with Crippen LogP contribution in [-0.2, 0) is 19.4 Å². The highest BCUT2D eigenvalue weighted by Gasteiger charge is 2.13. The van der Waals surface area contributed by atoms with E-state index in [0.29, 0.717) is 12.6 Å². The number of benzene rings is 1. The molecule has 2 aromatic rings. The van der Waals surface area contributed by atoms with Crippen LogP contribution in [0.1, 0.15) is 37.3 Å². The third-order valence-corrected chi connectivity index (χ3v) is 3.60. The van der Waals surface area contributed by atoms with Crippen molar-refractivity contribution in [3.8, 4) is 11.3 Å². The lowest BCUT2D eigenvalue weighted by atomic mass is 10.1. The summed E-state index contributed by atoms with van der Waals surface area (Å²) in [5.41, 5.74) is 4.10. The van der Waals surface area contributed by atoms with Crippen molar-refractivity contribution in [1.29, 1.82) is 0 Å². The maximum absolute atomic E-state index is 5.81. The predicted molar refractivity (Wildman–Crippen MR) is 75.9 cm³/mol. The molecule has 1 heterocycles. The lowest BCUT2D eigenvalue weighted by molar-refractivity contribution is 0.459. The van der Waals surface area contributed by atoms with E-state index < -0.39 is 0 Å². The van der Waals surface area contributed by atoms with Crippen molar-refractivity contribution in [2.45, 2.75) is 45.7 Å². The number of hydrogen-bond acceptors (Lipinski definition) is 3. The van der Waals surface area contributed by atoms with E-state index >= 15 is 0 Å². The van der Waals surface area contributed by atoms with Crippen molar-refractivity contribution in [2.75, 3.05) is 0 Å². The second-order valence-electron chi connectivity index (χ2n) is 5.49. The molecule has 1 aromatic heterocycles. The SMILES string of the molecule is CC(C)NCc1ncc(-c2ccc3c(c2)CCC3)o1. The molecule has 1 aliphatic carbocycles. The first-order valence-corrected chi connectivity index (χ1v) is 7.02. The number of nitrogens with zero attached hydrogens (tertiary/aromatic N) is 1. The van der Waals surface area contributed by atoms with Gasteiger partial charge in [-0.3, -0.25) is 0 Å². The fourth-order valence-corrected chi connectivity index (χ4v) is 2.54. The average Bonchev–Trinajstić information content (AvgIpc) is 3.04. The van der Waals surface area contributed by atoms with Crippen LogP contribution in [0.3, 0.4) is 0 Å². The van der Waals surface area contributed by atoms with E-state index in [9.17, 15) is 0 Å². The van der Waals surface area contributed by atoms with Crippen molar-refractivity contribution in [2.24, 2.45) is 0 Å². The lowest BCUT2D eigenvalue weighted by Crippen LogP contribution is -2.21. The van der Waals surface area contributed by atoms with Gasteiger partial charge in [0.25, 0.3) is 0 Å². The molecule has 3 nitrogen and oxygen atoms in total. The number of hydrogen-bond donors (Lipinski definition) is 1. The highest BCUT2D eigenvalue weighted by Crippen LogP contribution is 2.28. The second-order valence-corrected chi connectivity index (χ2v) is 5.49.